The Morgan fingerprint density at radius 3 is 3.03 bits per heavy atom. The lowest BCUT2D eigenvalue weighted by atomic mass is 10.1. The van der Waals surface area contributed by atoms with E-state index < -0.39 is 0 Å². The van der Waals surface area contributed by atoms with Crippen molar-refractivity contribution in [1.82, 2.24) is 35.5 Å². The molecule has 0 spiro atoms. The molecule has 2 aromatic heterocycles. The number of hydrogen-bond acceptors (Lipinski definition) is 6. The first-order valence-electron chi connectivity index (χ1n) is 9.59. The first-order chi connectivity index (χ1) is 14.1. The molecule has 1 aromatic carbocycles. The average molecular weight is 543 g/mol. The SMILES string of the molecule is CN=C(NCCc1nc(-c2cccc(Cl)c2)no1)NC1CCCn2nc(C)nc21.I. The molecule has 0 radical (unpaired) electrons. The van der Waals surface area contributed by atoms with Crippen molar-refractivity contribution in [2.75, 3.05) is 13.6 Å². The van der Waals surface area contributed by atoms with E-state index in [4.69, 9.17) is 16.1 Å². The van der Waals surface area contributed by atoms with Gasteiger partial charge in [-0.05, 0) is 31.9 Å². The van der Waals surface area contributed by atoms with Crippen molar-refractivity contribution in [3.63, 3.8) is 0 Å². The standard InChI is InChI=1S/C19H23ClN8O.HI/c1-12-23-18-15(7-4-10-28(18)26-12)24-19(21-2)22-9-8-16-25-17(27-29-16)13-5-3-6-14(20)11-13;/h3,5-6,11,15H,4,7-10H2,1-2H3,(H2,21,22,24);1H. The predicted molar refractivity (Wildman–Crippen MR) is 125 cm³/mol. The first kappa shape index (κ1) is 22.5. The average Bonchev–Trinajstić information content (AvgIpc) is 3.33. The van der Waals surface area contributed by atoms with Crippen LogP contribution in [0.4, 0.5) is 0 Å². The number of hydrogen-bond donors (Lipinski definition) is 2. The summed E-state index contributed by atoms with van der Waals surface area (Å²) < 4.78 is 7.32. The molecule has 0 fully saturated rings. The summed E-state index contributed by atoms with van der Waals surface area (Å²) >= 11 is 6.02. The number of aliphatic imine (C=N–C) groups is 1. The second-order valence-electron chi connectivity index (χ2n) is 6.85. The third-order valence-electron chi connectivity index (χ3n) is 4.70. The Bertz CT molecular complexity index is 1020. The van der Waals surface area contributed by atoms with Crippen molar-refractivity contribution in [2.45, 2.75) is 38.8 Å². The molecule has 0 bridgehead atoms. The normalized spacial score (nSPS) is 16.0. The summed E-state index contributed by atoms with van der Waals surface area (Å²) in [6.45, 7) is 3.43. The van der Waals surface area contributed by atoms with Crippen molar-refractivity contribution in [2.24, 2.45) is 4.99 Å². The minimum atomic E-state index is 0. The summed E-state index contributed by atoms with van der Waals surface area (Å²) in [6.07, 6.45) is 2.62. The van der Waals surface area contributed by atoms with Crippen LogP contribution in [0.5, 0.6) is 0 Å². The molecule has 9 nitrogen and oxygen atoms in total. The van der Waals surface area contributed by atoms with Gasteiger partial charge in [-0.2, -0.15) is 10.1 Å². The molecule has 4 rings (SSSR count). The number of rotatable bonds is 5. The summed E-state index contributed by atoms with van der Waals surface area (Å²) in [4.78, 5) is 13.3. The monoisotopic (exact) mass is 542 g/mol. The molecule has 1 unspecified atom stereocenters. The molecule has 0 amide bonds. The Kier molecular flexibility index (Phi) is 7.64. The van der Waals surface area contributed by atoms with Crippen LogP contribution < -0.4 is 10.6 Å². The first-order valence-corrected chi connectivity index (χ1v) is 9.97. The van der Waals surface area contributed by atoms with Gasteiger partial charge in [0.05, 0.1) is 6.04 Å². The number of benzene rings is 1. The number of aromatic nitrogens is 5. The maximum atomic E-state index is 6.02. The number of guanidine groups is 1. The molecule has 160 valence electrons. The zero-order valence-electron chi connectivity index (χ0n) is 16.8. The maximum absolute atomic E-state index is 6.02. The van der Waals surface area contributed by atoms with Crippen LogP contribution in [0.3, 0.4) is 0 Å². The maximum Gasteiger partial charge on any atom is 0.228 e. The Morgan fingerprint density at radius 1 is 1.37 bits per heavy atom. The van der Waals surface area contributed by atoms with E-state index in [9.17, 15) is 0 Å². The van der Waals surface area contributed by atoms with E-state index in [1.807, 2.05) is 35.9 Å². The van der Waals surface area contributed by atoms with E-state index in [0.717, 1.165) is 36.6 Å². The summed E-state index contributed by atoms with van der Waals surface area (Å²) in [6, 6.07) is 7.47. The van der Waals surface area contributed by atoms with Gasteiger partial charge < -0.3 is 15.2 Å². The molecule has 11 heteroatoms. The largest absolute Gasteiger partial charge is 0.356 e. The van der Waals surface area contributed by atoms with E-state index in [0.29, 0.717) is 35.7 Å². The van der Waals surface area contributed by atoms with Gasteiger partial charge in [0, 0.05) is 37.1 Å². The van der Waals surface area contributed by atoms with E-state index in [2.05, 4.69) is 35.8 Å². The predicted octanol–water partition coefficient (Wildman–Crippen LogP) is 3.15. The van der Waals surface area contributed by atoms with Crippen molar-refractivity contribution >= 4 is 41.5 Å². The van der Waals surface area contributed by atoms with Crippen molar-refractivity contribution < 1.29 is 4.52 Å². The minimum Gasteiger partial charge on any atom is -0.356 e. The molecular formula is C19H24ClIN8O. The zero-order valence-corrected chi connectivity index (χ0v) is 19.9. The minimum absolute atomic E-state index is 0. The van der Waals surface area contributed by atoms with Gasteiger partial charge in [0.15, 0.2) is 5.96 Å². The van der Waals surface area contributed by atoms with E-state index in [-0.39, 0.29) is 30.0 Å². The van der Waals surface area contributed by atoms with Gasteiger partial charge in [-0.25, -0.2) is 9.67 Å². The van der Waals surface area contributed by atoms with Crippen molar-refractivity contribution in [3.8, 4) is 11.4 Å². The summed E-state index contributed by atoms with van der Waals surface area (Å²) in [7, 11) is 1.75. The van der Waals surface area contributed by atoms with Crippen LogP contribution in [0, 0.1) is 6.92 Å². The Balaban J connectivity index is 0.00000256. The molecule has 1 aliphatic rings. The fourth-order valence-corrected chi connectivity index (χ4v) is 3.54. The molecule has 0 aliphatic carbocycles. The highest BCUT2D eigenvalue weighted by atomic mass is 127. The van der Waals surface area contributed by atoms with E-state index >= 15 is 0 Å². The van der Waals surface area contributed by atoms with Gasteiger partial charge in [0.1, 0.15) is 11.6 Å². The van der Waals surface area contributed by atoms with Gasteiger partial charge in [0.2, 0.25) is 11.7 Å². The number of nitrogens with zero attached hydrogens (tertiary/aromatic N) is 6. The van der Waals surface area contributed by atoms with Gasteiger partial charge in [-0.1, -0.05) is 28.9 Å². The smallest absolute Gasteiger partial charge is 0.228 e. The Labute approximate surface area is 196 Å². The summed E-state index contributed by atoms with van der Waals surface area (Å²) in [5.74, 6) is 3.54. The molecule has 2 N–H and O–H groups in total. The zero-order chi connectivity index (χ0) is 20.2. The van der Waals surface area contributed by atoms with Gasteiger partial charge in [0.25, 0.3) is 0 Å². The number of aryl methyl sites for hydroxylation is 2. The molecule has 3 heterocycles. The molecule has 1 atom stereocenters. The van der Waals surface area contributed by atoms with Crippen LogP contribution in [-0.4, -0.2) is 44.5 Å². The van der Waals surface area contributed by atoms with Crippen LogP contribution in [0.2, 0.25) is 5.02 Å². The highest BCUT2D eigenvalue weighted by Crippen LogP contribution is 2.23. The third kappa shape index (κ3) is 5.28. The van der Waals surface area contributed by atoms with Gasteiger partial charge in [-0.15, -0.1) is 24.0 Å². The number of nitrogens with one attached hydrogen (secondary N) is 2. The Hall–Kier alpha value is -2.21. The molecule has 30 heavy (non-hydrogen) atoms. The fraction of sp³-hybridized carbons (Fsp3) is 0.421. The number of halogens is 2. The Morgan fingerprint density at radius 2 is 2.23 bits per heavy atom. The molecule has 0 saturated carbocycles. The van der Waals surface area contributed by atoms with Crippen LogP contribution >= 0.6 is 35.6 Å². The van der Waals surface area contributed by atoms with Gasteiger partial charge >= 0.3 is 0 Å². The van der Waals surface area contributed by atoms with Crippen LogP contribution in [0.15, 0.2) is 33.8 Å². The molecule has 1 aliphatic heterocycles. The second-order valence-corrected chi connectivity index (χ2v) is 7.29. The van der Waals surface area contributed by atoms with Crippen LogP contribution in [-0.2, 0) is 13.0 Å². The topological polar surface area (TPSA) is 106 Å². The fourth-order valence-electron chi connectivity index (χ4n) is 3.35. The highest BCUT2D eigenvalue weighted by molar-refractivity contribution is 14.0. The molecule has 3 aromatic rings. The summed E-state index contributed by atoms with van der Waals surface area (Å²) in [5, 5.41) is 15.8. The van der Waals surface area contributed by atoms with Gasteiger partial charge in [-0.3, -0.25) is 4.99 Å². The lowest BCUT2D eigenvalue weighted by molar-refractivity contribution is 0.377. The quantitative estimate of drug-likeness (QED) is 0.290. The molecular weight excluding hydrogens is 519 g/mol. The lowest BCUT2D eigenvalue weighted by Crippen LogP contribution is -2.42. The third-order valence-corrected chi connectivity index (χ3v) is 4.93. The number of fused-ring (bicyclic) bond motifs is 1. The summed E-state index contributed by atoms with van der Waals surface area (Å²) in [5.41, 5.74) is 0.828. The van der Waals surface area contributed by atoms with Crippen molar-refractivity contribution in [3.05, 3.63) is 46.8 Å². The van der Waals surface area contributed by atoms with Crippen LogP contribution in [0.1, 0.15) is 36.4 Å². The molecule has 0 saturated heterocycles. The lowest BCUT2D eigenvalue weighted by Gasteiger charge is -2.24. The second kappa shape index (κ2) is 10.2. The van der Waals surface area contributed by atoms with Crippen LogP contribution in [0.25, 0.3) is 11.4 Å². The van der Waals surface area contributed by atoms with Crippen molar-refractivity contribution in [1.29, 1.82) is 0 Å². The van der Waals surface area contributed by atoms with E-state index in [1.54, 1.807) is 7.05 Å². The highest BCUT2D eigenvalue weighted by Gasteiger charge is 2.24. The van der Waals surface area contributed by atoms with E-state index in [1.165, 1.54) is 0 Å².